The summed E-state index contributed by atoms with van der Waals surface area (Å²) >= 11 is 0. The molecule has 1 atom stereocenters. The molecule has 1 aromatic rings. The molecule has 182 valence electrons. The minimum atomic E-state index is -0.328. The van der Waals surface area contributed by atoms with Crippen LogP contribution in [-0.4, -0.2) is 88.1 Å². The fourth-order valence-electron chi connectivity index (χ4n) is 3.01. The molecular formula is C19H40Cl5N5O. The summed E-state index contributed by atoms with van der Waals surface area (Å²) in [4.78, 5) is 2.35. The molecule has 30 heavy (non-hydrogen) atoms. The first-order valence-electron chi connectivity index (χ1n) is 9.62. The summed E-state index contributed by atoms with van der Waals surface area (Å²) in [7, 11) is 0. The highest BCUT2D eigenvalue weighted by Gasteiger charge is 2.11. The Kier molecular flexibility index (Phi) is 32.3. The van der Waals surface area contributed by atoms with E-state index in [1.165, 1.54) is 5.56 Å². The fraction of sp³-hybridized carbons (Fsp3) is 0.684. The normalized spacial score (nSPS) is 16.4. The Hall–Kier alpha value is 0.430. The Morgan fingerprint density at radius 3 is 1.83 bits per heavy atom. The molecule has 1 heterocycles. The summed E-state index contributed by atoms with van der Waals surface area (Å²) in [6.45, 7) is 10.2. The van der Waals surface area contributed by atoms with Gasteiger partial charge in [0.15, 0.2) is 0 Å². The van der Waals surface area contributed by atoms with Crippen LogP contribution < -0.4 is 21.3 Å². The zero-order chi connectivity index (χ0) is 17.6. The first kappa shape index (κ1) is 37.7. The monoisotopic (exact) mass is 529 g/mol. The molecule has 0 spiro atoms. The largest absolute Gasteiger partial charge is 0.390 e. The average Bonchev–Trinajstić information content (AvgIpc) is 2.62. The summed E-state index contributed by atoms with van der Waals surface area (Å²) in [5.74, 6) is 0. The molecule has 6 nitrogen and oxygen atoms in total. The Morgan fingerprint density at radius 2 is 1.30 bits per heavy atom. The highest BCUT2D eigenvalue weighted by atomic mass is 35.5. The third-order valence-corrected chi connectivity index (χ3v) is 4.45. The predicted molar refractivity (Wildman–Crippen MR) is 140 cm³/mol. The topological polar surface area (TPSA) is 71.6 Å². The van der Waals surface area contributed by atoms with Gasteiger partial charge in [0.25, 0.3) is 0 Å². The van der Waals surface area contributed by atoms with E-state index in [1.54, 1.807) is 0 Å². The molecule has 2 rings (SSSR count). The Bertz CT molecular complexity index is 439. The van der Waals surface area contributed by atoms with Crippen molar-refractivity contribution >= 4 is 62.0 Å². The number of β-amino-alcohol motifs (C(OH)–C–C–N with tert-alkyl or cyclic N) is 1. The van der Waals surface area contributed by atoms with E-state index < -0.39 is 0 Å². The van der Waals surface area contributed by atoms with Crippen LogP contribution in [0.5, 0.6) is 0 Å². The third-order valence-electron chi connectivity index (χ3n) is 4.45. The Labute approximate surface area is 213 Å². The number of rotatable bonds is 7. The molecule has 1 aromatic carbocycles. The zero-order valence-electron chi connectivity index (χ0n) is 17.4. The van der Waals surface area contributed by atoms with Crippen LogP contribution in [0.25, 0.3) is 0 Å². The second kappa shape index (κ2) is 25.7. The maximum atomic E-state index is 10.3. The lowest BCUT2D eigenvalue weighted by Crippen LogP contribution is -2.45. The third kappa shape index (κ3) is 19.1. The lowest BCUT2D eigenvalue weighted by Gasteiger charge is -2.26. The van der Waals surface area contributed by atoms with Gasteiger partial charge in [-0.1, -0.05) is 30.3 Å². The van der Waals surface area contributed by atoms with Crippen molar-refractivity contribution in [3.8, 4) is 0 Å². The summed E-state index contributed by atoms with van der Waals surface area (Å²) in [6.07, 6.45) is 0.671. The van der Waals surface area contributed by atoms with Crippen molar-refractivity contribution in [1.82, 2.24) is 26.2 Å². The van der Waals surface area contributed by atoms with Gasteiger partial charge in [-0.25, -0.2) is 0 Å². The maximum absolute atomic E-state index is 10.3. The second-order valence-electron chi connectivity index (χ2n) is 6.64. The van der Waals surface area contributed by atoms with Crippen LogP contribution in [0.3, 0.4) is 0 Å². The van der Waals surface area contributed by atoms with Gasteiger partial charge in [0.05, 0.1) is 6.10 Å². The molecule has 1 aliphatic rings. The van der Waals surface area contributed by atoms with Gasteiger partial charge in [-0.15, -0.1) is 62.0 Å². The number of benzene rings is 1. The van der Waals surface area contributed by atoms with Crippen LogP contribution in [0, 0.1) is 0 Å². The predicted octanol–water partition coefficient (Wildman–Crippen LogP) is 1.37. The highest BCUT2D eigenvalue weighted by molar-refractivity contribution is 5.86. The van der Waals surface area contributed by atoms with Crippen molar-refractivity contribution in [2.24, 2.45) is 0 Å². The van der Waals surface area contributed by atoms with E-state index in [-0.39, 0.29) is 68.1 Å². The van der Waals surface area contributed by atoms with Crippen molar-refractivity contribution in [2.75, 3.05) is 72.0 Å². The molecule has 1 unspecified atom stereocenters. The van der Waals surface area contributed by atoms with E-state index in [9.17, 15) is 5.11 Å². The molecule has 0 radical (unpaired) electrons. The molecule has 0 aliphatic carbocycles. The van der Waals surface area contributed by atoms with Gasteiger partial charge >= 0.3 is 0 Å². The zero-order valence-corrected chi connectivity index (χ0v) is 21.5. The first-order valence-corrected chi connectivity index (χ1v) is 9.62. The lowest BCUT2D eigenvalue weighted by molar-refractivity contribution is 0.112. The van der Waals surface area contributed by atoms with Gasteiger partial charge in [0, 0.05) is 65.4 Å². The molecule has 1 aliphatic heterocycles. The van der Waals surface area contributed by atoms with Crippen LogP contribution in [0.2, 0.25) is 0 Å². The van der Waals surface area contributed by atoms with Crippen LogP contribution in [0.4, 0.5) is 0 Å². The molecule has 5 N–H and O–H groups in total. The van der Waals surface area contributed by atoms with Crippen LogP contribution in [0.1, 0.15) is 5.56 Å². The molecule has 0 bridgehead atoms. The van der Waals surface area contributed by atoms with E-state index >= 15 is 0 Å². The van der Waals surface area contributed by atoms with Crippen molar-refractivity contribution in [3.63, 3.8) is 0 Å². The van der Waals surface area contributed by atoms with Crippen LogP contribution in [-0.2, 0) is 6.42 Å². The molecule has 1 fully saturated rings. The quantitative estimate of drug-likeness (QED) is 0.343. The SMILES string of the molecule is Cl.Cl.Cl.Cl.Cl.OC(CNCCc1ccccc1)CN1CCNCCNCCNCC1. The second-order valence-corrected chi connectivity index (χ2v) is 6.64. The van der Waals surface area contributed by atoms with Crippen molar-refractivity contribution in [3.05, 3.63) is 35.9 Å². The van der Waals surface area contributed by atoms with Gasteiger partial charge in [-0.3, -0.25) is 4.90 Å². The molecular weight excluding hydrogens is 492 g/mol. The summed E-state index contributed by atoms with van der Waals surface area (Å²) in [5.41, 5.74) is 1.33. The molecule has 0 saturated carbocycles. The molecule has 0 amide bonds. The van der Waals surface area contributed by atoms with Gasteiger partial charge < -0.3 is 26.4 Å². The van der Waals surface area contributed by atoms with Gasteiger partial charge in [0.1, 0.15) is 0 Å². The number of aliphatic hydroxyl groups is 1. The van der Waals surface area contributed by atoms with Gasteiger partial charge in [-0.2, -0.15) is 0 Å². The number of nitrogens with one attached hydrogen (secondary N) is 4. The molecule has 1 saturated heterocycles. The lowest BCUT2D eigenvalue weighted by atomic mass is 10.1. The van der Waals surface area contributed by atoms with Crippen molar-refractivity contribution in [1.29, 1.82) is 0 Å². The van der Waals surface area contributed by atoms with E-state index in [0.717, 1.165) is 71.9 Å². The number of hydrogen-bond donors (Lipinski definition) is 5. The minimum absolute atomic E-state index is 0. The maximum Gasteiger partial charge on any atom is 0.0791 e. The summed E-state index contributed by atoms with van der Waals surface area (Å²) < 4.78 is 0. The van der Waals surface area contributed by atoms with E-state index in [0.29, 0.717) is 6.54 Å². The highest BCUT2D eigenvalue weighted by Crippen LogP contribution is 1.98. The van der Waals surface area contributed by atoms with E-state index in [2.05, 4.69) is 50.4 Å². The number of aliphatic hydroxyl groups excluding tert-OH is 1. The van der Waals surface area contributed by atoms with Crippen LogP contribution in [0.15, 0.2) is 30.3 Å². The standard InChI is InChI=1S/C19H35N5O.5ClH/c25-19(16-23-7-6-18-4-2-1-3-5-18)17-24-14-12-21-10-8-20-9-11-22-13-15-24;;;;;/h1-5,19-23,25H,6-17H2;5*1H. The smallest absolute Gasteiger partial charge is 0.0791 e. The average molecular weight is 532 g/mol. The fourth-order valence-corrected chi connectivity index (χ4v) is 3.01. The Balaban J connectivity index is -0.000000676. The summed E-state index contributed by atoms with van der Waals surface area (Å²) in [6, 6.07) is 10.5. The van der Waals surface area contributed by atoms with Crippen molar-refractivity contribution in [2.45, 2.75) is 12.5 Å². The molecule has 0 aromatic heterocycles. The van der Waals surface area contributed by atoms with Gasteiger partial charge in [0.2, 0.25) is 0 Å². The number of nitrogens with zero attached hydrogens (tertiary/aromatic N) is 1. The van der Waals surface area contributed by atoms with Crippen molar-refractivity contribution < 1.29 is 5.11 Å². The van der Waals surface area contributed by atoms with E-state index in [4.69, 9.17) is 0 Å². The van der Waals surface area contributed by atoms with Crippen LogP contribution >= 0.6 is 62.0 Å². The van der Waals surface area contributed by atoms with E-state index in [1.807, 2.05) is 6.07 Å². The van der Waals surface area contributed by atoms with Gasteiger partial charge in [-0.05, 0) is 18.5 Å². The minimum Gasteiger partial charge on any atom is -0.390 e. The Morgan fingerprint density at radius 1 is 0.800 bits per heavy atom. The first-order chi connectivity index (χ1) is 12.3. The number of halogens is 5. The summed E-state index contributed by atoms with van der Waals surface area (Å²) in [5, 5.41) is 24.0. The number of hydrogen-bond acceptors (Lipinski definition) is 6. The molecule has 11 heteroatoms.